The molecule has 0 amide bonds. The van der Waals surface area contributed by atoms with Crippen LogP contribution in [0.3, 0.4) is 0 Å². The summed E-state index contributed by atoms with van der Waals surface area (Å²) in [5.74, 6) is 1.60. The summed E-state index contributed by atoms with van der Waals surface area (Å²) in [7, 11) is 2.23. The number of benzene rings is 1. The zero-order chi connectivity index (χ0) is 24.7. The lowest BCUT2D eigenvalue weighted by atomic mass is 9.73. The first-order valence-electron chi connectivity index (χ1n) is 14.6. The largest absolute Gasteiger partial charge is 0.348 e. The van der Waals surface area contributed by atoms with Crippen LogP contribution in [0.2, 0.25) is 0 Å². The highest BCUT2D eigenvalue weighted by molar-refractivity contribution is 5.70. The minimum absolute atomic E-state index is 0.684. The van der Waals surface area contributed by atoms with Crippen molar-refractivity contribution in [2.75, 3.05) is 11.9 Å². The molecule has 2 atom stereocenters. The van der Waals surface area contributed by atoms with Gasteiger partial charge in [-0.1, -0.05) is 91.0 Å². The zero-order valence-electron chi connectivity index (χ0n) is 22.6. The number of nitrogens with zero attached hydrogens (tertiary/aromatic N) is 1. The van der Waals surface area contributed by atoms with Gasteiger partial charge < -0.3 is 4.90 Å². The monoisotopic (exact) mass is 479 g/mol. The highest BCUT2D eigenvalue weighted by Crippen LogP contribution is 2.41. The highest BCUT2D eigenvalue weighted by atomic mass is 15.1. The van der Waals surface area contributed by atoms with Crippen molar-refractivity contribution in [2.24, 2.45) is 11.8 Å². The average Bonchev–Trinajstić information content (AvgIpc) is 2.90. The molecule has 36 heavy (non-hydrogen) atoms. The summed E-state index contributed by atoms with van der Waals surface area (Å²) in [6.45, 7) is 2.22. The standard InChI is InChI=1S/C35H45N/c1-27-13-16-30(17-14-27)31-21-23-34(24-22-31)36(2)35-12-8-11-28(26-35)9-6-4-3-5-7-10-29-15-18-32-19-20-33(32)25-29/h8,11-13,15-16,21-25,28,32H,3-7,9-10,14,17-20,26H2,1-2H3. The summed E-state index contributed by atoms with van der Waals surface area (Å²) in [6, 6.07) is 9.18. The van der Waals surface area contributed by atoms with Crippen LogP contribution in [-0.4, -0.2) is 7.05 Å². The fraction of sp³-hybridized carbons (Fsp3) is 0.486. The Morgan fingerprint density at radius 3 is 2.47 bits per heavy atom. The Balaban J connectivity index is 1.00. The molecule has 0 radical (unpaired) electrons. The second-order valence-electron chi connectivity index (χ2n) is 11.6. The van der Waals surface area contributed by atoms with Crippen molar-refractivity contribution in [2.45, 2.75) is 90.4 Å². The number of rotatable bonds is 11. The van der Waals surface area contributed by atoms with E-state index in [0.717, 1.165) is 18.8 Å². The fourth-order valence-electron chi connectivity index (χ4n) is 6.23. The summed E-state index contributed by atoms with van der Waals surface area (Å²) >= 11 is 0. The molecular formula is C35H45N. The maximum atomic E-state index is 2.52. The van der Waals surface area contributed by atoms with Gasteiger partial charge in [0.1, 0.15) is 0 Å². The van der Waals surface area contributed by atoms with Gasteiger partial charge in [-0.2, -0.15) is 0 Å². The van der Waals surface area contributed by atoms with Crippen LogP contribution in [0.1, 0.15) is 96.0 Å². The van der Waals surface area contributed by atoms with Crippen LogP contribution in [-0.2, 0) is 0 Å². The van der Waals surface area contributed by atoms with Crippen molar-refractivity contribution < 1.29 is 0 Å². The molecule has 0 N–H and O–H groups in total. The van der Waals surface area contributed by atoms with Gasteiger partial charge in [0.15, 0.2) is 0 Å². The number of hydrogen-bond acceptors (Lipinski definition) is 1. The number of unbranched alkanes of at least 4 members (excludes halogenated alkanes) is 4. The van der Waals surface area contributed by atoms with Gasteiger partial charge in [-0.3, -0.25) is 0 Å². The van der Waals surface area contributed by atoms with E-state index in [-0.39, 0.29) is 0 Å². The molecule has 0 bridgehead atoms. The van der Waals surface area contributed by atoms with Gasteiger partial charge in [0.05, 0.1) is 0 Å². The number of hydrogen-bond donors (Lipinski definition) is 0. The highest BCUT2D eigenvalue weighted by Gasteiger charge is 2.25. The lowest BCUT2D eigenvalue weighted by molar-refractivity contribution is 0.439. The molecule has 0 aliphatic heterocycles. The smallest absolute Gasteiger partial charge is 0.0406 e. The molecule has 0 aromatic heterocycles. The van der Waals surface area contributed by atoms with Gasteiger partial charge in [0.25, 0.3) is 0 Å². The van der Waals surface area contributed by atoms with Crippen molar-refractivity contribution in [3.05, 3.63) is 94.8 Å². The third-order valence-corrected chi connectivity index (χ3v) is 8.94. The van der Waals surface area contributed by atoms with Crippen LogP contribution >= 0.6 is 0 Å². The van der Waals surface area contributed by atoms with Crippen molar-refractivity contribution in [3.8, 4) is 0 Å². The first-order valence-corrected chi connectivity index (χ1v) is 14.6. The molecule has 2 unspecified atom stereocenters. The Bertz CT molecular complexity index is 1090. The Kier molecular flexibility index (Phi) is 8.47. The molecule has 190 valence electrons. The lowest BCUT2D eigenvalue weighted by Crippen LogP contribution is -2.20. The SMILES string of the molecule is CC1=CC=C(c2ccc(N(C)C3=CC=CC(CCCCCCCC4=CCC5CCC5=C4)C3)cc2)CC1. The molecule has 1 fully saturated rings. The molecule has 4 aliphatic rings. The molecular weight excluding hydrogens is 434 g/mol. The third-order valence-electron chi connectivity index (χ3n) is 8.94. The molecule has 5 rings (SSSR count). The van der Waals surface area contributed by atoms with Crippen LogP contribution in [0.15, 0.2) is 89.2 Å². The maximum Gasteiger partial charge on any atom is 0.0406 e. The van der Waals surface area contributed by atoms with Crippen molar-refractivity contribution in [1.29, 1.82) is 0 Å². The fourth-order valence-corrected chi connectivity index (χ4v) is 6.23. The number of anilines is 1. The molecule has 1 nitrogen and oxygen atoms in total. The Morgan fingerprint density at radius 1 is 0.889 bits per heavy atom. The van der Waals surface area contributed by atoms with Crippen molar-refractivity contribution >= 4 is 11.3 Å². The number of allylic oxidation sites excluding steroid dienone is 12. The summed E-state index contributed by atoms with van der Waals surface area (Å²) in [4.78, 5) is 2.39. The van der Waals surface area contributed by atoms with Crippen LogP contribution in [0, 0.1) is 11.8 Å². The van der Waals surface area contributed by atoms with E-state index in [1.165, 1.54) is 98.7 Å². The summed E-state index contributed by atoms with van der Waals surface area (Å²) in [6.07, 6.45) is 33.8. The van der Waals surface area contributed by atoms with E-state index < -0.39 is 0 Å². The number of fused-ring (bicyclic) bond motifs is 1. The van der Waals surface area contributed by atoms with Gasteiger partial charge in [0, 0.05) is 18.4 Å². The van der Waals surface area contributed by atoms with E-state index >= 15 is 0 Å². The van der Waals surface area contributed by atoms with E-state index in [1.807, 2.05) is 0 Å². The Labute approximate surface area is 220 Å². The lowest BCUT2D eigenvalue weighted by Gasteiger charge is -2.32. The van der Waals surface area contributed by atoms with Crippen molar-refractivity contribution in [3.63, 3.8) is 0 Å². The van der Waals surface area contributed by atoms with Gasteiger partial charge in [-0.25, -0.2) is 0 Å². The minimum Gasteiger partial charge on any atom is -0.348 e. The maximum absolute atomic E-state index is 2.52. The van der Waals surface area contributed by atoms with Gasteiger partial charge in [-0.15, -0.1) is 0 Å². The molecule has 1 aromatic carbocycles. The van der Waals surface area contributed by atoms with Crippen LogP contribution < -0.4 is 4.90 Å². The molecule has 4 aliphatic carbocycles. The zero-order valence-corrected chi connectivity index (χ0v) is 22.6. The predicted octanol–water partition coefficient (Wildman–Crippen LogP) is 10.1. The van der Waals surface area contributed by atoms with Gasteiger partial charge in [0.2, 0.25) is 0 Å². The van der Waals surface area contributed by atoms with Crippen LogP contribution in [0.5, 0.6) is 0 Å². The van der Waals surface area contributed by atoms with E-state index in [1.54, 1.807) is 11.1 Å². The molecule has 1 saturated carbocycles. The van der Waals surface area contributed by atoms with Gasteiger partial charge in [-0.05, 0) is 106 Å². The second-order valence-corrected chi connectivity index (χ2v) is 11.6. The molecule has 1 aromatic rings. The predicted molar refractivity (Wildman–Crippen MR) is 157 cm³/mol. The summed E-state index contributed by atoms with van der Waals surface area (Å²) < 4.78 is 0. The quantitative estimate of drug-likeness (QED) is 0.285. The average molecular weight is 480 g/mol. The van der Waals surface area contributed by atoms with E-state index in [2.05, 4.69) is 85.7 Å². The van der Waals surface area contributed by atoms with E-state index in [9.17, 15) is 0 Å². The molecule has 0 heterocycles. The third kappa shape index (κ3) is 6.41. The second kappa shape index (κ2) is 12.1. The van der Waals surface area contributed by atoms with Crippen LogP contribution in [0.4, 0.5) is 5.69 Å². The summed E-state index contributed by atoms with van der Waals surface area (Å²) in [5, 5.41) is 0. The summed E-state index contributed by atoms with van der Waals surface area (Å²) in [5.41, 5.74) is 10.4. The molecule has 0 spiro atoms. The minimum atomic E-state index is 0.684. The van der Waals surface area contributed by atoms with E-state index in [0.29, 0.717) is 5.92 Å². The van der Waals surface area contributed by atoms with Crippen LogP contribution in [0.25, 0.3) is 5.57 Å². The molecule has 0 saturated heterocycles. The first-order chi connectivity index (χ1) is 17.7. The normalized spacial score (nSPS) is 23.0. The van der Waals surface area contributed by atoms with Gasteiger partial charge >= 0.3 is 0 Å². The molecule has 1 heteroatoms. The Morgan fingerprint density at radius 2 is 1.72 bits per heavy atom. The first kappa shape index (κ1) is 25.1. The topological polar surface area (TPSA) is 3.24 Å². The Hall–Kier alpha value is -2.54. The van der Waals surface area contributed by atoms with E-state index in [4.69, 9.17) is 0 Å². The van der Waals surface area contributed by atoms with Crippen molar-refractivity contribution in [1.82, 2.24) is 0 Å².